The molecule has 2 aliphatic heterocycles. The summed E-state index contributed by atoms with van der Waals surface area (Å²) in [6.45, 7) is 7.02. The number of hydrazine groups is 1. The molecule has 3 aromatic heterocycles. The number of amides is 1. The predicted octanol–water partition coefficient (Wildman–Crippen LogP) is 1.39. The molecular weight excluding hydrogens is 505 g/mol. The molecule has 2 fully saturated rings. The summed E-state index contributed by atoms with van der Waals surface area (Å²) in [4.78, 5) is 33.5. The minimum Gasteiger partial charge on any atom is -0.368 e. The maximum absolute atomic E-state index is 13.4. The average molecular weight is 540 g/mol. The number of hydrogen-bond acceptors (Lipinski definition) is 11. The molecule has 1 amide bonds. The van der Waals surface area contributed by atoms with Gasteiger partial charge >= 0.3 is 0 Å². The first-order valence-electron chi connectivity index (χ1n) is 13.0. The van der Waals surface area contributed by atoms with Gasteiger partial charge in [0.25, 0.3) is 5.91 Å². The van der Waals surface area contributed by atoms with Crippen LogP contribution in [0.15, 0.2) is 30.9 Å². The van der Waals surface area contributed by atoms with Crippen molar-refractivity contribution in [1.82, 2.24) is 45.9 Å². The molecule has 3 atom stereocenters. The SMILES string of the molecule is COC1(C(=O)N[C@@H](C)c2cnc(-n3cc(F)cn3)cn2)CCN(c2nc(C)cc(NC3CC(C)NN3)n2)CC1. The highest BCUT2D eigenvalue weighted by Crippen LogP contribution is 2.29. The lowest BCUT2D eigenvalue weighted by molar-refractivity contribution is -0.146. The third-order valence-corrected chi connectivity index (χ3v) is 7.15. The quantitative estimate of drug-likeness (QED) is 0.329. The van der Waals surface area contributed by atoms with E-state index in [2.05, 4.69) is 53.4 Å². The number of nitrogens with zero attached hydrogens (tertiary/aromatic N) is 7. The summed E-state index contributed by atoms with van der Waals surface area (Å²) in [5, 5.41) is 10.3. The van der Waals surface area contributed by atoms with E-state index in [4.69, 9.17) is 9.72 Å². The summed E-state index contributed by atoms with van der Waals surface area (Å²) in [5.41, 5.74) is 6.87. The molecule has 0 bridgehead atoms. The van der Waals surface area contributed by atoms with Crippen LogP contribution in [0.25, 0.3) is 5.82 Å². The van der Waals surface area contributed by atoms with Crippen LogP contribution < -0.4 is 26.4 Å². The lowest BCUT2D eigenvalue weighted by Crippen LogP contribution is -2.55. The largest absolute Gasteiger partial charge is 0.368 e. The third-order valence-electron chi connectivity index (χ3n) is 7.15. The van der Waals surface area contributed by atoms with E-state index in [9.17, 15) is 9.18 Å². The van der Waals surface area contributed by atoms with Crippen LogP contribution in [-0.2, 0) is 9.53 Å². The van der Waals surface area contributed by atoms with Crippen molar-refractivity contribution in [2.75, 3.05) is 30.4 Å². The normalized spacial score (nSPS) is 21.5. The molecule has 4 N–H and O–H groups in total. The number of aromatic nitrogens is 6. The Morgan fingerprint density at radius 2 is 2.00 bits per heavy atom. The van der Waals surface area contributed by atoms with E-state index in [1.54, 1.807) is 13.3 Å². The number of aryl methyl sites for hydroxylation is 1. The van der Waals surface area contributed by atoms with E-state index in [1.165, 1.54) is 17.1 Å². The number of halogens is 1. The molecule has 0 radical (unpaired) electrons. The molecule has 3 aromatic rings. The van der Waals surface area contributed by atoms with Crippen molar-refractivity contribution in [2.45, 2.75) is 63.9 Å². The number of anilines is 2. The van der Waals surface area contributed by atoms with Gasteiger partial charge in [0.05, 0.1) is 42.7 Å². The molecule has 5 heterocycles. The molecule has 14 heteroatoms. The fraction of sp³-hybridized carbons (Fsp3) is 0.520. The maximum Gasteiger partial charge on any atom is 0.252 e. The number of ether oxygens (including phenoxy) is 1. The van der Waals surface area contributed by atoms with Gasteiger partial charge in [0.1, 0.15) is 11.4 Å². The van der Waals surface area contributed by atoms with Gasteiger partial charge in [-0.25, -0.2) is 24.5 Å². The number of methoxy groups -OCH3 is 1. The van der Waals surface area contributed by atoms with Crippen LogP contribution in [0, 0.1) is 12.7 Å². The topological polar surface area (TPSA) is 147 Å². The number of nitrogens with one attached hydrogen (secondary N) is 4. The van der Waals surface area contributed by atoms with E-state index in [0.29, 0.717) is 49.4 Å². The summed E-state index contributed by atoms with van der Waals surface area (Å²) in [5.74, 6) is 1.09. The van der Waals surface area contributed by atoms with Gasteiger partial charge in [-0.1, -0.05) is 0 Å². The van der Waals surface area contributed by atoms with Gasteiger partial charge in [-0.15, -0.1) is 0 Å². The number of carbonyl (C=O) groups is 1. The molecular formula is C25H34FN11O2. The number of hydrogen-bond donors (Lipinski definition) is 4. The van der Waals surface area contributed by atoms with Crippen LogP contribution in [-0.4, -0.2) is 73.6 Å². The molecule has 13 nitrogen and oxygen atoms in total. The Morgan fingerprint density at radius 1 is 1.21 bits per heavy atom. The van der Waals surface area contributed by atoms with Crippen molar-refractivity contribution < 1.29 is 13.9 Å². The van der Waals surface area contributed by atoms with Crippen molar-refractivity contribution in [3.8, 4) is 5.82 Å². The van der Waals surface area contributed by atoms with E-state index in [-0.39, 0.29) is 12.1 Å². The summed E-state index contributed by atoms with van der Waals surface area (Å²) in [6, 6.07) is 1.89. The van der Waals surface area contributed by atoms with Gasteiger partial charge in [-0.05, 0) is 27.2 Å². The standard InChI is InChI=1S/C25H34FN11O2/c1-15-9-20(32-21-10-16(2)34-35-21)33-24(30-15)36-7-5-25(39-4,6-8-36)23(38)31-17(3)19-12-28-22(13-27-19)37-14-18(26)11-29-37/h9,11-14,16-17,21,34-35H,5-8,10H2,1-4H3,(H,31,38)(H,30,32,33)/t16?,17-,21?/m0/s1. The van der Waals surface area contributed by atoms with Crippen molar-refractivity contribution >= 4 is 17.7 Å². The number of carbonyl (C=O) groups excluding carboxylic acids is 1. The minimum absolute atomic E-state index is 0.0878. The lowest BCUT2D eigenvalue weighted by atomic mass is 9.89. The minimum atomic E-state index is -0.981. The third kappa shape index (κ3) is 5.97. The molecule has 208 valence electrons. The first-order chi connectivity index (χ1) is 18.7. The fourth-order valence-electron chi connectivity index (χ4n) is 4.85. The fourth-order valence-corrected chi connectivity index (χ4v) is 4.85. The summed E-state index contributed by atoms with van der Waals surface area (Å²) in [6.07, 6.45) is 7.32. The molecule has 0 aliphatic carbocycles. The first-order valence-corrected chi connectivity index (χ1v) is 13.0. The predicted molar refractivity (Wildman–Crippen MR) is 141 cm³/mol. The van der Waals surface area contributed by atoms with Crippen LogP contribution in [0.2, 0.25) is 0 Å². The molecule has 2 saturated heterocycles. The molecule has 5 rings (SSSR count). The highest BCUT2D eigenvalue weighted by Gasteiger charge is 2.43. The zero-order valence-electron chi connectivity index (χ0n) is 22.5. The molecule has 39 heavy (non-hydrogen) atoms. The molecule has 0 aromatic carbocycles. The highest BCUT2D eigenvalue weighted by molar-refractivity contribution is 5.86. The Labute approximate surface area is 225 Å². The second-order valence-corrected chi connectivity index (χ2v) is 10.1. The van der Waals surface area contributed by atoms with Crippen molar-refractivity contribution in [1.29, 1.82) is 0 Å². The van der Waals surface area contributed by atoms with E-state index in [1.807, 2.05) is 19.9 Å². The zero-order chi connectivity index (χ0) is 27.6. The molecule has 0 saturated carbocycles. The average Bonchev–Trinajstić information content (AvgIpc) is 3.55. The van der Waals surface area contributed by atoms with Gasteiger partial charge in [-0.2, -0.15) is 10.1 Å². The molecule has 2 unspecified atom stereocenters. The summed E-state index contributed by atoms with van der Waals surface area (Å²) < 4.78 is 20.3. The molecule has 2 aliphatic rings. The van der Waals surface area contributed by atoms with Crippen LogP contribution in [0.4, 0.5) is 16.2 Å². The van der Waals surface area contributed by atoms with Crippen molar-refractivity contribution in [3.05, 3.63) is 48.1 Å². The van der Waals surface area contributed by atoms with Gasteiger partial charge in [0.2, 0.25) is 5.95 Å². The van der Waals surface area contributed by atoms with Gasteiger partial charge < -0.3 is 20.3 Å². The van der Waals surface area contributed by atoms with E-state index < -0.39 is 17.5 Å². The van der Waals surface area contributed by atoms with Gasteiger partial charge in [0, 0.05) is 50.8 Å². The molecule has 0 spiro atoms. The van der Waals surface area contributed by atoms with E-state index >= 15 is 0 Å². The van der Waals surface area contributed by atoms with Gasteiger partial charge in [-0.3, -0.25) is 15.2 Å². The van der Waals surface area contributed by atoms with Gasteiger partial charge in [0.15, 0.2) is 11.6 Å². The van der Waals surface area contributed by atoms with Crippen LogP contribution in [0.5, 0.6) is 0 Å². The Bertz CT molecular complexity index is 1290. The number of rotatable bonds is 8. The second-order valence-electron chi connectivity index (χ2n) is 10.1. The maximum atomic E-state index is 13.4. The first kappa shape index (κ1) is 26.8. The summed E-state index contributed by atoms with van der Waals surface area (Å²) >= 11 is 0. The summed E-state index contributed by atoms with van der Waals surface area (Å²) in [7, 11) is 1.56. The van der Waals surface area contributed by atoms with Crippen LogP contribution in [0.3, 0.4) is 0 Å². The highest BCUT2D eigenvalue weighted by atomic mass is 19.1. The number of piperidine rings is 1. The van der Waals surface area contributed by atoms with Crippen molar-refractivity contribution in [3.63, 3.8) is 0 Å². The van der Waals surface area contributed by atoms with E-state index in [0.717, 1.165) is 24.1 Å². The zero-order valence-corrected chi connectivity index (χ0v) is 22.5. The Balaban J connectivity index is 1.20. The second kappa shape index (κ2) is 11.2. The Hall–Kier alpha value is -3.75. The van der Waals surface area contributed by atoms with Crippen molar-refractivity contribution in [2.24, 2.45) is 0 Å². The Morgan fingerprint density at radius 3 is 2.62 bits per heavy atom. The van der Waals surface area contributed by atoms with Crippen LogP contribution in [0.1, 0.15) is 50.5 Å². The smallest absolute Gasteiger partial charge is 0.252 e. The Kier molecular flexibility index (Phi) is 7.68. The van der Waals surface area contributed by atoms with Crippen LogP contribution >= 0.6 is 0 Å². The monoisotopic (exact) mass is 539 g/mol. The lowest BCUT2D eigenvalue weighted by Gasteiger charge is -2.40.